The van der Waals surface area contributed by atoms with Crippen molar-refractivity contribution in [2.75, 3.05) is 18.5 Å². The van der Waals surface area contributed by atoms with E-state index in [0.29, 0.717) is 18.0 Å². The monoisotopic (exact) mass is 292 g/mol. The number of carbonyl (C=O) groups is 2. The quantitative estimate of drug-likeness (QED) is 0.675. The molecule has 21 heavy (non-hydrogen) atoms. The Bertz CT molecular complexity index is 514. The SMILES string of the molecule is CCOc1ccccc1NC(=O)CNC(C(=O)O)C1CC1. The number of carboxylic acid groups (broad SMARTS) is 1. The van der Waals surface area contributed by atoms with E-state index in [4.69, 9.17) is 9.84 Å². The molecule has 2 rings (SSSR count). The third-order valence-electron chi connectivity index (χ3n) is 3.30. The molecule has 1 amide bonds. The lowest BCUT2D eigenvalue weighted by Gasteiger charge is -2.14. The van der Waals surface area contributed by atoms with Crippen molar-refractivity contribution in [2.45, 2.75) is 25.8 Å². The number of hydrogen-bond acceptors (Lipinski definition) is 4. The molecule has 3 N–H and O–H groups in total. The van der Waals surface area contributed by atoms with Gasteiger partial charge in [0.05, 0.1) is 18.8 Å². The van der Waals surface area contributed by atoms with E-state index in [-0.39, 0.29) is 18.4 Å². The van der Waals surface area contributed by atoms with Gasteiger partial charge in [-0.25, -0.2) is 0 Å². The molecule has 1 aliphatic rings. The maximum absolute atomic E-state index is 11.9. The molecule has 1 saturated carbocycles. The Balaban J connectivity index is 1.88. The third kappa shape index (κ3) is 4.46. The Morgan fingerprint density at radius 2 is 2.10 bits per heavy atom. The lowest BCUT2D eigenvalue weighted by molar-refractivity contribution is -0.140. The van der Waals surface area contributed by atoms with Crippen LogP contribution < -0.4 is 15.4 Å². The van der Waals surface area contributed by atoms with E-state index in [0.717, 1.165) is 12.8 Å². The Morgan fingerprint density at radius 3 is 2.71 bits per heavy atom. The van der Waals surface area contributed by atoms with E-state index in [2.05, 4.69) is 10.6 Å². The van der Waals surface area contributed by atoms with Crippen LogP contribution in [0.2, 0.25) is 0 Å². The van der Waals surface area contributed by atoms with Gasteiger partial charge in [0.2, 0.25) is 5.91 Å². The van der Waals surface area contributed by atoms with E-state index in [1.807, 2.05) is 13.0 Å². The first-order chi connectivity index (χ1) is 10.1. The molecule has 1 aromatic rings. The van der Waals surface area contributed by atoms with Crippen molar-refractivity contribution in [2.24, 2.45) is 5.92 Å². The maximum Gasteiger partial charge on any atom is 0.320 e. The molecule has 6 heteroatoms. The van der Waals surface area contributed by atoms with Crippen LogP contribution in [0.5, 0.6) is 5.75 Å². The number of anilines is 1. The van der Waals surface area contributed by atoms with Gasteiger partial charge in [-0.3, -0.25) is 14.9 Å². The Morgan fingerprint density at radius 1 is 1.38 bits per heavy atom. The molecule has 0 heterocycles. The highest BCUT2D eigenvalue weighted by molar-refractivity contribution is 5.94. The van der Waals surface area contributed by atoms with Crippen molar-refractivity contribution in [1.29, 1.82) is 0 Å². The van der Waals surface area contributed by atoms with Gasteiger partial charge in [-0.2, -0.15) is 0 Å². The predicted molar refractivity (Wildman–Crippen MR) is 78.4 cm³/mol. The fourth-order valence-electron chi connectivity index (χ4n) is 2.13. The van der Waals surface area contributed by atoms with Crippen molar-refractivity contribution in [3.63, 3.8) is 0 Å². The molecule has 1 fully saturated rings. The van der Waals surface area contributed by atoms with Crippen LogP contribution >= 0.6 is 0 Å². The zero-order valence-electron chi connectivity index (χ0n) is 12.0. The molecule has 0 aliphatic heterocycles. The molecule has 1 aromatic carbocycles. The summed E-state index contributed by atoms with van der Waals surface area (Å²) in [5, 5.41) is 14.6. The summed E-state index contributed by atoms with van der Waals surface area (Å²) < 4.78 is 5.42. The minimum atomic E-state index is -0.903. The van der Waals surface area contributed by atoms with Crippen LogP contribution in [0.4, 0.5) is 5.69 Å². The average molecular weight is 292 g/mol. The van der Waals surface area contributed by atoms with Gasteiger partial charge in [0.1, 0.15) is 11.8 Å². The Labute approximate surface area is 123 Å². The first-order valence-corrected chi connectivity index (χ1v) is 7.09. The second-order valence-electron chi connectivity index (χ2n) is 5.01. The van der Waals surface area contributed by atoms with Gasteiger partial charge in [-0.05, 0) is 37.8 Å². The maximum atomic E-state index is 11.9. The average Bonchev–Trinajstić information content (AvgIpc) is 3.26. The van der Waals surface area contributed by atoms with Gasteiger partial charge in [-0.15, -0.1) is 0 Å². The van der Waals surface area contributed by atoms with Crippen molar-refractivity contribution < 1.29 is 19.4 Å². The number of benzene rings is 1. The van der Waals surface area contributed by atoms with E-state index >= 15 is 0 Å². The van der Waals surface area contributed by atoms with E-state index in [1.54, 1.807) is 18.2 Å². The van der Waals surface area contributed by atoms with Crippen molar-refractivity contribution in [3.05, 3.63) is 24.3 Å². The Kier molecular flexibility index (Phi) is 5.16. The first kappa shape index (κ1) is 15.3. The van der Waals surface area contributed by atoms with Crippen LogP contribution in [0.15, 0.2) is 24.3 Å². The van der Waals surface area contributed by atoms with Crippen molar-refractivity contribution in [3.8, 4) is 5.75 Å². The number of rotatable bonds is 8. The topological polar surface area (TPSA) is 87.7 Å². The molecule has 0 bridgehead atoms. The summed E-state index contributed by atoms with van der Waals surface area (Å²) in [6, 6.07) is 6.51. The zero-order chi connectivity index (χ0) is 15.2. The minimum absolute atomic E-state index is 0.0338. The zero-order valence-corrected chi connectivity index (χ0v) is 12.0. The molecule has 0 radical (unpaired) electrons. The lowest BCUT2D eigenvalue weighted by atomic mass is 10.2. The van der Waals surface area contributed by atoms with E-state index < -0.39 is 12.0 Å². The highest BCUT2D eigenvalue weighted by Crippen LogP contribution is 2.32. The molecule has 0 saturated heterocycles. The highest BCUT2D eigenvalue weighted by atomic mass is 16.5. The molecule has 0 aromatic heterocycles. The summed E-state index contributed by atoms with van der Waals surface area (Å²) in [5.74, 6) is -0.439. The van der Waals surface area contributed by atoms with Gasteiger partial charge >= 0.3 is 5.97 Å². The second-order valence-corrected chi connectivity index (χ2v) is 5.01. The summed E-state index contributed by atoms with van der Waals surface area (Å²) in [5.41, 5.74) is 0.587. The second kappa shape index (κ2) is 7.08. The van der Waals surface area contributed by atoms with Gasteiger partial charge in [0, 0.05) is 0 Å². The van der Waals surface area contributed by atoms with E-state index in [1.165, 1.54) is 0 Å². The highest BCUT2D eigenvalue weighted by Gasteiger charge is 2.36. The molecular formula is C15H20N2O4. The summed E-state index contributed by atoms with van der Waals surface area (Å²) in [6.07, 6.45) is 1.80. The standard InChI is InChI=1S/C15H20N2O4/c1-2-21-12-6-4-3-5-11(12)17-13(18)9-16-14(15(19)20)10-7-8-10/h3-6,10,14,16H,2,7-9H2,1H3,(H,17,18)(H,19,20). The van der Waals surface area contributed by atoms with Crippen LogP contribution in [0, 0.1) is 5.92 Å². The molecule has 1 unspecified atom stereocenters. The van der Waals surface area contributed by atoms with Crippen LogP contribution in [0.25, 0.3) is 0 Å². The van der Waals surface area contributed by atoms with Crippen LogP contribution in [-0.2, 0) is 9.59 Å². The van der Waals surface area contributed by atoms with Gasteiger partial charge in [0.25, 0.3) is 0 Å². The summed E-state index contributed by atoms with van der Waals surface area (Å²) in [6.45, 7) is 2.34. The number of aliphatic carboxylic acids is 1. The number of hydrogen-bond donors (Lipinski definition) is 3. The van der Waals surface area contributed by atoms with Gasteiger partial charge in [0.15, 0.2) is 0 Å². The number of carboxylic acids is 1. The number of ether oxygens (including phenoxy) is 1. The van der Waals surface area contributed by atoms with Gasteiger partial charge < -0.3 is 15.2 Å². The first-order valence-electron chi connectivity index (χ1n) is 7.09. The third-order valence-corrected chi connectivity index (χ3v) is 3.30. The molecule has 0 spiro atoms. The number of carbonyl (C=O) groups excluding carboxylic acids is 1. The van der Waals surface area contributed by atoms with Crippen LogP contribution in [0.3, 0.4) is 0 Å². The molecule has 1 aliphatic carbocycles. The number of nitrogens with one attached hydrogen (secondary N) is 2. The molecule has 1 atom stereocenters. The van der Waals surface area contributed by atoms with Crippen molar-refractivity contribution >= 4 is 17.6 Å². The van der Waals surface area contributed by atoms with Crippen LogP contribution in [0.1, 0.15) is 19.8 Å². The molecule has 114 valence electrons. The molecule has 6 nitrogen and oxygen atoms in total. The summed E-state index contributed by atoms with van der Waals surface area (Å²) in [4.78, 5) is 23.0. The smallest absolute Gasteiger partial charge is 0.320 e. The fraction of sp³-hybridized carbons (Fsp3) is 0.467. The number of para-hydroxylation sites is 2. The summed E-state index contributed by atoms with van der Waals surface area (Å²) in [7, 11) is 0. The fourth-order valence-corrected chi connectivity index (χ4v) is 2.13. The largest absolute Gasteiger partial charge is 0.492 e. The van der Waals surface area contributed by atoms with Crippen LogP contribution in [-0.4, -0.2) is 36.2 Å². The van der Waals surface area contributed by atoms with Gasteiger partial charge in [-0.1, -0.05) is 12.1 Å². The summed E-state index contributed by atoms with van der Waals surface area (Å²) >= 11 is 0. The van der Waals surface area contributed by atoms with E-state index in [9.17, 15) is 9.59 Å². The van der Waals surface area contributed by atoms with Crippen molar-refractivity contribution in [1.82, 2.24) is 5.32 Å². The Hall–Kier alpha value is -2.08. The normalized spacial score (nSPS) is 15.3. The number of amides is 1. The predicted octanol–water partition coefficient (Wildman–Crippen LogP) is 1.48. The lowest BCUT2D eigenvalue weighted by Crippen LogP contribution is -2.42. The minimum Gasteiger partial charge on any atom is -0.492 e. The molecular weight excluding hydrogens is 272 g/mol.